The number of thiazole rings is 1. The van der Waals surface area contributed by atoms with Gasteiger partial charge in [0.25, 0.3) is 0 Å². The zero-order valence-corrected chi connectivity index (χ0v) is 16.9. The first-order chi connectivity index (χ1) is 13.2. The second-order valence-electron chi connectivity index (χ2n) is 6.44. The fourth-order valence-corrected chi connectivity index (χ4v) is 3.60. The summed E-state index contributed by atoms with van der Waals surface area (Å²) in [6, 6.07) is 5.91. The van der Waals surface area contributed by atoms with E-state index in [1.165, 1.54) is 5.01 Å². The molecule has 2 N–H and O–H groups in total. The summed E-state index contributed by atoms with van der Waals surface area (Å²) in [6.07, 6.45) is 4.07. The maximum absolute atomic E-state index is 5.76. The Hall–Kier alpha value is -2.28. The number of hydrogen-bond acceptors (Lipinski definition) is 5. The van der Waals surface area contributed by atoms with Gasteiger partial charge in [0.05, 0.1) is 18.2 Å². The van der Waals surface area contributed by atoms with E-state index in [2.05, 4.69) is 32.9 Å². The van der Waals surface area contributed by atoms with Crippen molar-refractivity contribution in [2.24, 2.45) is 4.99 Å². The van der Waals surface area contributed by atoms with E-state index >= 15 is 0 Å². The molecule has 0 saturated carbocycles. The first kappa shape index (κ1) is 19.5. The Bertz CT molecular complexity index is 760. The highest BCUT2D eigenvalue weighted by atomic mass is 32.1. The molecule has 3 rings (SSSR count). The molecule has 7 heteroatoms. The molecule has 1 aromatic carbocycles. The van der Waals surface area contributed by atoms with Crippen LogP contribution in [0.4, 0.5) is 5.69 Å². The average molecular weight is 389 g/mol. The van der Waals surface area contributed by atoms with Gasteiger partial charge in [0, 0.05) is 42.3 Å². The summed E-state index contributed by atoms with van der Waals surface area (Å²) in [7, 11) is 0. The maximum atomic E-state index is 5.76. The number of rotatable bonds is 7. The fourth-order valence-electron chi connectivity index (χ4n) is 2.78. The number of hydrogen-bond donors (Lipinski definition) is 2. The van der Waals surface area contributed by atoms with Crippen LogP contribution in [-0.2, 0) is 6.42 Å². The zero-order chi connectivity index (χ0) is 18.9. The first-order valence-corrected chi connectivity index (χ1v) is 10.5. The van der Waals surface area contributed by atoms with Crippen LogP contribution in [0.5, 0.6) is 11.5 Å². The summed E-state index contributed by atoms with van der Waals surface area (Å²) in [5.74, 6) is 2.38. The smallest absolute Gasteiger partial charge is 0.195 e. The summed E-state index contributed by atoms with van der Waals surface area (Å²) < 4.78 is 11.4. The highest BCUT2D eigenvalue weighted by molar-refractivity contribution is 7.09. The van der Waals surface area contributed by atoms with Gasteiger partial charge in [-0.1, -0.05) is 0 Å². The van der Waals surface area contributed by atoms with Gasteiger partial charge in [0.2, 0.25) is 0 Å². The van der Waals surface area contributed by atoms with Gasteiger partial charge in [-0.05, 0) is 45.2 Å². The molecule has 1 aliphatic rings. The van der Waals surface area contributed by atoms with E-state index in [-0.39, 0.29) is 0 Å². The number of ether oxygens (including phenoxy) is 2. The lowest BCUT2D eigenvalue weighted by Crippen LogP contribution is -2.30. The van der Waals surface area contributed by atoms with E-state index in [1.54, 1.807) is 11.3 Å². The summed E-state index contributed by atoms with van der Waals surface area (Å²) in [6.45, 7) is 7.08. The Kier molecular flexibility index (Phi) is 7.33. The molecule has 0 unspecified atom stereocenters. The Balaban J connectivity index is 1.51. The third kappa shape index (κ3) is 6.13. The maximum Gasteiger partial charge on any atom is 0.195 e. The molecule has 0 aliphatic carbocycles. The zero-order valence-electron chi connectivity index (χ0n) is 16.1. The molecular formula is C20H28N4O2S. The molecular weight excluding hydrogens is 360 g/mol. The van der Waals surface area contributed by atoms with Gasteiger partial charge in [0.15, 0.2) is 17.5 Å². The Morgan fingerprint density at radius 3 is 2.85 bits per heavy atom. The highest BCUT2D eigenvalue weighted by Gasteiger charge is 2.11. The molecule has 2 heterocycles. The van der Waals surface area contributed by atoms with E-state index in [0.717, 1.165) is 67.6 Å². The fraction of sp³-hybridized carbons (Fsp3) is 0.500. The van der Waals surface area contributed by atoms with Crippen molar-refractivity contribution in [1.82, 2.24) is 10.3 Å². The molecule has 6 nitrogen and oxygen atoms in total. The molecule has 0 spiro atoms. The predicted molar refractivity (Wildman–Crippen MR) is 111 cm³/mol. The minimum absolute atomic E-state index is 0.684. The number of anilines is 1. The van der Waals surface area contributed by atoms with Crippen LogP contribution in [-0.4, -0.2) is 37.2 Å². The minimum Gasteiger partial charge on any atom is -0.490 e. The van der Waals surface area contributed by atoms with Crippen molar-refractivity contribution in [1.29, 1.82) is 0 Å². The van der Waals surface area contributed by atoms with Crippen LogP contribution >= 0.6 is 11.3 Å². The minimum atomic E-state index is 0.684. The van der Waals surface area contributed by atoms with Crippen molar-refractivity contribution in [3.05, 3.63) is 34.3 Å². The van der Waals surface area contributed by atoms with Crippen molar-refractivity contribution in [3.8, 4) is 11.5 Å². The van der Waals surface area contributed by atoms with Gasteiger partial charge in [-0.3, -0.25) is 4.99 Å². The van der Waals surface area contributed by atoms with Crippen molar-refractivity contribution in [2.75, 3.05) is 31.6 Å². The summed E-state index contributed by atoms with van der Waals surface area (Å²) >= 11 is 1.74. The van der Waals surface area contributed by atoms with Gasteiger partial charge in [-0.2, -0.15) is 0 Å². The number of aryl methyl sites for hydroxylation is 2. The van der Waals surface area contributed by atoms with Crippen LogP contribution < -0.4 is 20.1 Å². The molecule has 0 bridgehead atoms. The van der Waals surface area contributed by atoms with Crippen LogP contribution in [0.25, 0.3) is 0 Å². The highest BCUT2D eigenvalue weighted by Crippen LogP contribution is 2.32. The van der Waals surface area contributed by atoms with Crippen molar-refractivity contribution >= 4 is 23.0 Å². The number of guanidine groups is 1. The second kappa shape index (κ2) is 10.2. The number of nitrogens with one attached hydrogen (secondary N) is 2. The van der Waals surface area contributed by atoms with Crippen LogP contribution in [0.1, 0.15) is 36.9 Å². The quantitative estimate of drug-likeness (QED) is 0.426. The predicted octanol–water partition coefficient (Wildman–Crippen LogP) is 4.01. The van der Waals surface area contributed by atoms with E-state index in [9.17, 15) is 0 Å². The van der Waals surface area contributed by atoms with Crippen molar-refractivity contribution in [3.63, 3.8) is 0 Å². The van der Waals surface area contributed by atoms with Crippen molar-refractivity contribution < 1.29 is 9.47 Å². The third-order valence-electron chi connectivity index (χ3n) is 4.09. The molecule has 0 fully saturated rings. The Labute approximate surface area is 165 Å². The van der Waals surface area contributed by atoms with Gasteiger partial charge in [-0.15, -0.1) is 11.3 Å². The third-order valence-corrected chi connectivity index (χ3v) is 5.12. The molecule has 146 valence electrons. The van der Waals surface area contributed by atoms with Crippen LogP contribution in [0.15, 0.2) is 28.6 Å². The summed E-state index contributed by atoms with van der Waals surface area (Å²) in [4.78, 5) is 9.19. The molecule has 0 amide bonds. The molecule has 1 aliphatic heterocycles. The second-order valence-corrected chi connectivity index (χ2v) is 7.38. The van der Waals surface area contributed by atoms with E-state index in [0.29, 0.717) is 13.2 Å². The topological polar surface area (TPSA) is 67.8 Å². The number of nitrogens with zero attached hydrogens (tertiary/aromatic N) is 2. The lowest BCUT2D eigenvalue weighted by atomic mass is 10.2. The van der Waals surface area contributed by atoms with Crippen LogP contribution in [0.2, 0.25) is 0 Å². The normalized spacial score (nSPS) is 13.9. The van der Waals surface area contributed by atoms with Gasteiger partial charge < -0.3 is 20.1 Å². The number of aliphatic imine (C=N–C) groups is 1. The summed E-state index contributed by atoms with van der Waals surface area (Å²) in [5.41, 5.74) is 2.05. The molecule has 2 aromatic rings. The Morgan fingerprint density at radius 1 is 1.22 bits per heavy atom. The number of fused-ring (bicyclic) bond motifs is 1. The van der Waals surface area contributed by atoms with Gasteiger partial charge in [-0.25, -0.2) is 4.98 Å². The molecule has 27 heavy (non-hydrogen) atoms. The van der Waals surface area contributed by atoms with Crippen molar-refractivity contribution in [2.45, 2.75) is 39.5 Å². The largest absolute Gasteiger partial charge is 0.490 e. The molecule has 0 atom stereocenters. The molecule has 1 aromatic heterocycles. The standard InChI is InChI=1S/C20H28N4O2S/c1-3-21-20(22-10-5-4-7-19-23-15(2)14-27-19)24-16-8-9-17-18(13-16)26-12-6-11-25-17/h8-9,13-14H,3-7,10-12H2,1-2H3,(H2,21,22,24). The van der Waals surface area contributed by atoms with Gasteiger partial charge >= 0.3 is 0 Å². The lowest BCUT2D eigenvalue weighted by molar-refractivity contribution is 0.297. The molecule has 0 saturated heterocycles. The van der Waals surface area contributed by atoms with Gasteiger partial charge in [0.1, 0.15) is 0 Å². The average Bonchev–Trinajstić information content (AvgIpc) is 2.93. The number of benzene rings is 1. The van der Waals surface area contributed by atoms with E-state index < -0.39 is 0 Å². The first-order valence-electron chi connectivity index (χ1n) is 9.60. The SMILES string of the molecule is CCNC(=NCCCCc1nc(C)cs1)Nc1ccc2c(c1)OCCCO2. The van der Waals surface area contributed by atoms with E-state index in [1.807, 2.05) is 25.1 Å². The van der Waals surface area contributed by atoms with Crippen LogP contribution in [0, 0.1) is 6.92 Å². The number of aromatic nitrogens is 1. The monoisotopic (exact) mass is 388 g/mol. The Morgan fingerprint density at radius 2 is 2.07 bits per heavy atom. The molecule has 0 radical (unpaired) electrons. The number of unbranched alkanes of at least 4 members (excludes halogenated alkanes) is 1. The van der Waals surface area contributed by atoms with E-state index in [4.69, 9.17) is 9.47 Å². The van der Waals surface area contributed by atoms with Crippen LogP contribution in [0.3, 0.4) is 0 Å². The summed E-state index contributed by atoms with van der Waals surface area (Å²) in [5, 5.41) is 9.97. The lowest BCUT2D eigenvalue weighted by Gasteiger charge is -2.13.